The zero-order valence-electron chi connectivity index (χ0n) is 13.9. The Kier molecular flexibility index (Phi) is 5.33. The fourth-order valence-electron chi connectivity index (χ4n) is 2.31. The van der Waals surface area contributed by atoms with Crippen LogP contribution in [0, 0.1) is 11.3 Å². The molecular weight excluding hydrogens is 399 g/mol. The number of alkyl halides is 3. The Morgan fingerprint density at radius 2 is 1.86 bits per heavy atom. The van der Waals surface area contributed by atoms with E-state index in [1.165, 1.54) is 6.07 Å². The molecule has 1 aliphatic rings. The first-order valence-corrected chi connectivity index (χ1v) is 8.10. The molecule has 1 amide bonds. The van der Waals surface area contributed by atoms with Gasteiger partial charge in [0, 0.05) is 23.6 Å². The lowest BCUT2D eigenvalue weighted by atomic mass is 10.2. The SMILES string of the molecule is N#C/C(=C/Nc1ccc2c(c1)OCO2)C(=O)Nc1ccc(Cl)c(C(F)(F)F)c1. The number of nitrogens with one attached hydrogen (secondary N) is 2. The second kappa shape index (κ2) is 7.70. The second-order valence-electron chi connectivity index (χ2n) is 5.53. The van der Waals surface area contributed by atoms with Crippen molar-refractivity contribution in [1.82, 2.24) is 0 Å². The summed E-state index contributed by atoms with van der Waals surface area (Å²) in [5.74, 6) is 0.185. The molecule has 0 fully saturated rings. The third-order valence-corrected chi connectivity index (χ3v) is 3.98. The van der Waals surface area contributed by atoms with Crippen molar-refractivity contribution in [2.45, 2.75) is 6.18 Å². The highest BCUT2D eigenvalue weighted by molar-refractivity contribution is 6.31. The van der Waals surface area contributed by atoms with Crippen molar-refractivity contribution in [3.8, 4) is 17.6 Å². The molecule has 0 saturated carbocycles. The van der Waals surface area contributed by atoms with Gasteiger partial charge in [-0.2, -0.15) is 18.4 Å². The lowest BCUT2D eigenvalue weighted by Gasteiger charge is -2.11. The molecule has 28 heavy (non-hydrogen) atoms. The molecule has 2 N–H and O–H groups in total. The van der Waals surface area contributed by atoms with Gasteiger partial charge in [-0.15, -0.1) is 0 Å². The van der Waals surface area contributed by atoms with Gasteiger partial charge in [0.25, 0.3) is 5.91 Å². The number of carbonyl (C=O) groups is 1. The monoisotopic (exact) mass is 409 g/mol. The molecule has 0 aliphatic carbocycles. The van der Waals surface area contributed by atoms with Crippen LogP contribution in [0.4, 0.5) is 24.5 Å². The number of anilines is 2. The number of fused-ring (bicyclic) bond motifs is 1. The Bertz CT molecular complexity index is 1000. The van der Waals surface area contributed by atoms with Gasteiger partial charge in [0.15, 0.2) is 11.5 Å². The highest BCUT2D eigenvalue weighted by atomic mass is 35.5. The predicted octanol–water partition coefficient (Wildman–Crippen LogP) is 4.55. The van der Waals surface area contributed by atoms with Crippen LogP contribution in [-0.2, 0) is 11.0 Å². The Morgan fingerprint density at radius 1 is 1.14 bits per heavy atom. The number of hydrogen-bond acceptors (Lipinski definition) is 5. The van der Waals surface area contributed by atoms with E-state index in [0.29, 0.717) is 23.3 Å². The topological polar surface area (TPSA) is 83.4 Å². The first-order chi connectivity index (χ1) is 13.3. The quantitative estimate of drug-likeness (QED) is 0.572. The second-order valence-corrected chi connectivity index (χ2v) is 5.94. The van der Waals surface area contributed by atoms with Crippen LogP contribution in [0.2, 0.25) is 5.02 Å². The van der Waals surface area contributed by atoms with Gasteiger partial charge in [-0.1, -0.05) is 11.6 Å². The van der Waals surface area contributed by atoms with Crippen molar-refractivity contribution < 1.29 is 27.4 Å². The number of nitrogens with zero attached hydrogens (tertiary/aromatic N) is 1. The first-order valence-electron chi connectivity index (χ1n) is 7.72. The Balaban J connectivity index is 1.73. The van der Waals surface area contributed by atoms with Crippen molar-refractivity contribution in [2.24, 2.45) is 0 Å². The number of halogens is 4. The minimum absolute atomic E-state index is 0.0987. The van der Waals surface area contributed by atoms with E-state index in [-0.39, 0.29) is 18.1 Å². The minimum atomic E-state index is -4.67. The van der Waals surface area contributed by atoms with Crippen LogP contribution in [-0.4, -0.2) is 12.7 Å². The molecular formula is C18H11ClF3N3O3. The molecule has 2 aromatic rings. The van der Waals surface area contributed by atoms with Gasteiger partial charge in [-0.3, -0.25) is 4.79 Å². The average molecular weight is 410 g/mol. The number of ether oxygens (including phenoxy) is 2. The van der Waals surface area contributed by atoms with E-state index in [9.17, 15) is 23.2 Å². The maximum Gasteiger partial charge on any atom is 0.417 e. The lowest BCUT2D eigenvalue weighted by Crippen LogP contribution is -2.15. The summed E-state index contributed by atoms with van der Waals surface area (Å²) in [7, 11) is 0. The first kappa shape index (κ1) is 19.4. The molecule has 0 aromatic heterocycles. The molecule has 0 unspecified atom stereocenters. The van der Waals surface area contributed by atoms with E-state index in [2.05, 4.69) is 10.6 Å². The van der Waals surface area contributed by atoms with E-state index >= 15 is 0 Å². The molecule has 0 bridgehead atoms. The Morgan fingerprint density at radius 3 is 2.57 bits per heavy atom. The van der Waals surface area contributed by atoms with E-state index < -0.39 is 22.7 Å². The van der Waals surface area contributed by atoms with E-state index in [1.54, 1.807) is 24.3 Å². The molecule has 0 spiro atoms. The summed E-state index contributed by atoms with van der Waals surface area (Å²) in [6.45, 7) is 0.0987. The third-order valence-electron chi connectivity index (χ3n) is 3.65. The fraction of sp³-hybridized carbons (Fsp3) is 0.111. The largest absolute Gasteiger partial charge is 0.454 e. The molecule has 144 valence electrons. The molecule has 2 aromatic carbocycles. The zero-order chi connectivity index (χ0) is 20.3. The van der Waals surface area contributed by atoms with Crippen LogP contribution >= 0.6 is 11.6 Å². The van der Waals surface area contributed by atoms with Crippen molar-refractivity contribution in [2.75, 3.05) is 17.4 Å². The maximum atomic E-state index is 12.9. The van der Waals surface area contributed by atoms with E-state index in [1.807, 2.05) is 0 Å². The molecule has 3 rings (SSSR count). The fourth-order valence-corrected chi connectivity index (χ4v) is 2.53. The van der Waals surface area contributed by atoms with Crippen LogP contribution in [0.15, 0.2) is 48.2 Å². The van der Waals surface area contributed by atoms with Crippen molar-refractivity contribution >= 4 is 28.9 Å². The summed E-state index contributed by atoms with van der Waals surface area (Å²) in [5, 5.41) is 13.7. The predicted molar refractivity (Wildman–Crippen MR) is 95.0 cm³/mol. The van der Waals surface area contributed by atoms with Crippen molar-refractivity contribution in [1.29, 1.82) is 5.26 Å². The minimum Gasteiger partial charge on any atom is -0.454 e. The van der Waals surface area contributed by atoms with Gasteiger partial charge in [0.1, 0.15) is 11.6 Å². The molecule has 0 radical (unpaired) electrons. The van der Waals surface area contributed by atoms with Gasteiger partial charge in [0.05, 0.1) is 10.6 Å². The number of nitriles is 1. The van der Waals surface area contributed by atoms with Crippen LogP contribution in [0.25, 0.3) is 0 Å². The summed E-state index contributed by atoms with van der Waals surface area (Å²) < 4.78 is 49.1. The zero-order valence-corrected chi connectivity index (χ0v) is 14.7. The summed E-state index contributed by atoms with van der Waals surface area (Å²) in [6, 6.07) is 9.50. The summed E-state index contributed by atoms with van der Waals surface area (Å²) in [6.07, 6.45) is -3.54. The molecule has 1 heterocycles. The summed E-state index contributed by atoms with van der Waals surface area (Å²) in [5.41, 5.74) is -1.06. The third kappa shape index (κ3) is 4.29. The molecule has 6 nitrogen and oxygen atoms in total. The van der Waals surface area contributed by atoms with Crippen molar-refractivity contribution in [3.05, 3.63) is 58.8 Å². The number of hydrogen-bond donors (Lipinski definition) is 2. The maximum absolute atomic E-state index is 12.9. The Hall–Kier alpha value is -3.38. The number of amides is 1. The van der Waals surface area contributed by atoms with Gasteiger partial charge in [-0.05, 0) is 30.3 Å². The molecule has 1 aliphatic heterocycles. The van der Waals surface area contributed by atoms with Gasteiger partial charge in [0.2, 0.25) is 6.79 Å². The summed E-state index contributed by atoms with van der Waals surface area (Å²) in [4.78, 5) is 12.2. The number of carbonyl (C=O) groups excluding carboxylic acids is 1. The molecule has 10 heteroatoms. The molecule has 0 atom stereocenters. The van der Waals surface area contributed by atoms with Gasteiger partial charge in [-0.25, -0.2) is 0 Å². The van der Waals surface area contributed by atoms with E-state index in [0.717, 1.165) is 12.3 Å². The van der Waals surface area contributed by atoms with E-state index in [4.69, 9.17) is 21.1 Å². The standard InChI is InChI=1S/C18H11ClF3N3O3/c19-14-3-1-12(5-13(14)18(20,21)22)25-17(26)10(7-23)8-24-11-2-4-15-16(6-11)28-9-27-15/h1-6,8,24H,9H2,(H,25,26)/b10-8-. The van der Waals surface area contributed by atoms with Gasteiger partial charge >= 0.3 is 6.18 Å². The van der Waals surface area contributed by atoms with Crippen LogP contribution in [0.3, 0.4) is 0 Å². The van der Waals surface area contributed by atoms with Crippen LogP contribution in [0.5, 0.6) is 11.5 Å². The highest BCUT2D eigenvalue weighted by Gasteiger charge is 2.33. The number of benzene rings is 2. The normalized spacial score (nSPS) is 13.0. The average Bonchev–Trinajstić information content (AvgIpc) is 3.10. The Labute approximate surface area is 162 Å². The lowest BCUT2D eigenvalue weighted by molar-refractivity contribution is -0.137. The summed E-state index contributed by atoms with van der Waals surface area (Å²) >= 11 is 5.54. The highest BCUT2D eigenvalue weighted by Crippen LogP contribution is 2.36. The molecule has 0 saturated heterocycles. The van der Waals surface area contributed by atoms with Crippen molar-refractivity contribution in [3.63, 3.8) is 0 Å². The number of rotatable bonds is 4. The van der Waals surface area contributed by atoms with Gasteiger partial charge < -0.3 is 20.1 Å². The van der Waals surface area contributed by atoms with Crippen LogP contribution in [0.1, 0.15) is 5.56 Å². The van der Waals surface area contributed by atoms with Crippen LogP contribution < -0.4 is 20.1 Å². The smallest absolute Gasteiger partial charge is 0.417 e.